The molecule has 0 aliphatic carbocycles. The monoisotopic (exact) mass is 260 g/mol. The second-order valence-corrected chi connectivity index (χ2v) is 4.10. The van der Waals surface area contributed by atoms with Crippen LogP contribution in [0.1, 0.15) is 11.1 Å². The zero-order valence-electron chi connectivity index (χ0n) is 10.7. The highest BCUT2D eigenvalue weighted by molar-refractivity contribution is 5.80. The van der Waals surface area contributed by atoms with Crippen LogP contribution in [-0.4, -0.2) is 35.1 Å². The summed E-state index contributed by atoms with van der Waals surface area (Å²) in [6, 6.07) is 7.20. The average Bonchev–Trinajstić information content (AvgIpc) is 2.37. The van der Waals surface area contributed by atoms with Crippen LogP contribution in [-0.2, 0) is 11.3 Å². The quantitative estimate of drug-likeness (QED) is 0.782. The minimum Gasteiger partial charge on any atom is -0.480 e. The van der Waals surface area contributed by atoms with Crippen LogP contribution in [0.15, 0.2) is 24.3 Å². The Bertz CT molecular complexity index is 488. The molecular formula is C14H16N2O3. The molecule has 100 valence electrons. The molecule has 0 saturated carbocycles. The van der Waals surface area contributed by atoms with Gasteiger partial charge in [-0.25, -0.2) is 4.79 Å². The summed E-state index contributed by atoms with van der Waals surface area (Å²) in [5, 5.41) is 11.3. The summed E-state index contributed by atoms with van der Waals surface area (Å²) in [5.41, 5.74) is 2.07. The molecule has 0 unspecified atom stereocenters. The highest BCUT2D eigenvalue weighted by atomic mass is 16.4. The van der Waals surface area contributed by atoms with Gasteiger partial charge < -0.3 is 15.3 Å². The number of nitrogens with zero attached hydrogens (tertiary/aromatic N) is 1. The Hall–Kier alpha value is -2.48. The fourth-order valence-electron chi connectivity index (χ4n) is 1.47. The van der Waals surface area contributed by atoms with Crippen LogP contribution in [0.25, 0.3) is 0 Å². The lowest BCUT2D eigenvalue weighted by atomic mass is 10.1. The molecule has 19 heavy (non-hydrogen) atoms. The normalized spacial score (nSPS) is 9.47. The third-order valence-corrected chi connectivity index (χ3v) is 2.46. The van der Waals surface area contributed by atoms with Gasteiger partial charge >= 0.3 is 12.0 Å². The molecule has 1 aromatic rings. The van der Waals surface area contributed by atoms with Crippen molar-refractivity contribution >= 4 is 12.0 Å². The summed E-state index contributed by atoms with van der Waals surface area (Å²) in [7, 11) is 0. The largest absolute Gasteiger partial charge is 0.480 e. The van der Waals surface area contributed by atoms with Crippen molar-refractivity contribution < 1.29 is 14.7 Å². The van der Waals surface area contributed by atoms with Crippen LogP contribution in [0.5, 0.6) is 0 Å². The molecule has 5 heteroatoms. The van der Waals surface area contributed by atoms with Crippen molar-refractivity contribution in [2.24, 2.45) is 0 Å². The molecule has 5 nitrogen and oxygen atoms in total. The molecule has 0 heterocycles. The number of carbonyl (C=O) groups excluding carboxylic acids is 1. The Morgan fingerprint density at radius 3 is 2.53 bits per heavy atom. The van der Waals surface area contributed by atoms with E-state index in [1.54, 1.807) is 0 Å². The van der Waals surface area contributed by atoms with Crippen molar-refractivity contribution in [3.8, 4) is 12.3 Å². The van der Waals surface area contributed by atoms with Gasteiger partial charge in [-0.05, 0) is 12.5 Å². The van der Waals surface area contributed by atoms with Gasteiger partial charge in [0.25, 0.3) is 0 Å². The maximum absolute atomic E-state index is 11.8. The van der Waals surface area contributed by atoms with E-state index < -0.39 is 18.5 Å². The average molecular weight is 260 g/mol. The Morgan fingerprint density at radius 1 is 1.37 bits per heavy atom. The van der Waals surface area contributed by atoms with Crippen molar-refractivity contribution in [2.75, 3.05) is 13.1 Å². The minimum atomic E-state index is -1.10. The fourth-order valence-corrected chi connectivity index (χ4v) is 1.47. The van der Waals surface area contributed by atoms with Crippen molar-refractivity contribution in [3.63, 3.8) is 0 Å². The standard InChI is InChI=1S/C14H16N2O3/c1-3-8-16(10-13(17)18)14(19)15-9-12-6-4-11(2)5-7-12/h1,4-7H,8-10H2,2H3,(H,15,19)(H,17,18). The maximum atomic E-state index is 11.8. The highest BCUT2D eigenvalue weighted by Crippen LogP contribution is 2.02. The number of carbonyl (C=O) groups is 2. The van der Waals surface area contributed by atoms with E-state index in [1.807, 2.05) is 31.2 Å². The van der Waals surface area contributed by atoms with Crippen LogP contribution in [0.4, 0.5) is 4.79 Å². The number of benzene rings is 1. The molecule has 0 aliphatic rings. The minimum absolute atomic E-state index is 0.0357. The second kappa shape index (κ2) is 7.07. The number of aliphatic carboxylic acids is 1. The zero-order chi connectivity index (χ0) is 14.3. The third kappa shape index (κ3) is 5.13. The van der Waals surface area contributed by atoms with Crippen LogP contribution in [0.2, 0.25) is 0 Å². The van der Waals surface area contributed by atoms with E-state index in [1.165, 1.54) is 0 Å². The molecule has 0 aromatic heterocycles. The Kier molecular flexibility index (Phi) is 5.42. The van der Waals surface area contributed by atoms with E-state index in [4.69, 9.17) is 11.5 Å². The van der Waals surface area contributed by atoms with Gasteiger partial charge in [0.2, 0.25) is 0 Å². The molecule has 0 saturated heterocycles. The summed E-state index contributed by atoms with van der Waals surface area (Å²) in [5.74, 6) is 1.16. The number of hydrogen-bond acceptors (Lipinski definition) is 2. The van der Waals surface area contributed by atoms with Gasteiger partial charge in [0.1, 0.15) is 6.54 Å². The lowest BCUT2D eigenvalue weighted by Crippen LogP contribution is -2.42. The number of rotatable bonds is 5. The molecule has 2 amide bonds. The van der Waals surface area contributed by atoms with Crippen molar-refractivity contribution in [2.45, 2.75) is 13.5 Å². The van der Waals surface area contributed by atoms with E-state index in [2.05, 4.69) is 11.2 Å². The summed E-state index contributed by atoms with van der Waals surface area (Å²) in [6.45, 7) is 1.86. The van der Waals surface area contributed by atoms with Gasteiger partial charge in [-0.3, -0.25) is 4.79 Å². The lowest BCUT2D eigenvalue weighted by molar-refractivity contribution is -0.137. The summed E-state index contributed by atoms with van der Waals surface area (Å²) >= 11 is 0. The number of carboxylic acid groups (broad SMARTS) is 1. The number of carboxylic acids is 1. The molecule has 0 atom stereocenters. The number of hydrogen-bond donors (Lipinski definition) is 2. The zero-order valence-corrected chi connectivity index (χ0v) is 10.7. The van der Waals surface area contributed by atoms with Crippen LogP contribution in [0, 0.1) is 19.3 Å². The SMILES string of the molecule is C#CCN(CC(=O)O)C(=O)NCc1ccc(C)cc1. The first kappa shape index (κ1) is 14.6. The van der Waals surface area contributed by atoms with Crippen molar-refractivity contribution in [3.05, 3.63) is 35.4 Å². The van der Waals surface area contributed by atoms with Gasteiger partial charge in [0.05, 0.1) is 6.54 Å². The topological polar surface area (TPSA) is 69.6 Å². The summed E-state index contributed by atoms with van der Waals surface area (Å²) in [6.07, 6.45) is 5.10. The molecule has 0 bridgehead atoms. The van der Waals surface area contributed by atoms with Gasteiger partial charge in [-0.15, -0.1) is 6.42 Å². The van der Waals surface area contributed by atoms with Crippen LogP contribution < -0.4 is 5.32 Å². The molecule has 2 N–H and O–H groups in total. The molecule has 0 radical (unpaired) electrons. The number of amides is 2. The number of urea groups is 1. The van der Waals surface area contributed by atoms with E-state index >= 15 is 0 Å². The van der Waals surface area contributed by atoms with E-state index in [9.17, 15) is 9.59 Å². The Balaban J connectivity index is 2.54. The van der Waals surface area contributed by atoms with E-state index in [0.717, 1.165) is 16.0 Å². The Labute approximate surface area is 112 Å². The van der Waals surface area contributed by atoms with Gasteiger partial charge in [0, 0.05) is 6.54 Å². The molecule has 1 rings (SSSR count). The fraction of sp³-hybridized carbons (Fsp3) is 0.286. The first-order valence-electron chi connectivity index (χ1n) is 5.76. The summed E-state index contributed by atoms with van der Waals surface area (Å²) < 4.78 is 0. The third-order valence-electron chi connectivity index (χ3n) is 2.46. The highest BCUT2D eigenvalue weighted by Gasteiger charge is 2.14. The Morgan fingerprint density at radius 2 is 2.00 bits per heavy atom. The van der Waals surface area contributed by atoms with E-state index in [0.29, 0.717) is 6.54 Å². The molecule has 0 spiro atoms. The predicted molar refractivity (Wildman–Crippen MR) is 71.5 cm³/mol. The number of aryl methyl sites for hydroxylation is 1. The van der Waals surface area contributed by atoms with Crippen LogP contribution >= 0.6 is 0 Å². The van der Waals surface area contributed by atoms with Gasteiger partial charge in [0.15, 0.2) is 0 Å². The lowest BCUT2D eigenvalue weighted by Gasteiger charge is -2.18. The smallest absolute Gasteiger partial charge is 0.323 e. The number of nitrogens with one attached hydrogen (secondary N) is 1. The predicted octanol–water partition coefficient (Wildman–Crippen LogP) is 1.22. The molecule has 0 aliphatic heterocycles. The molecule has 1 aromatic carbocycles. The van der Waals surface area contributed by atoms with Crippen molar-refractivity contribution in [1.82, 2.24) is 10.2 Å². The van der Waals surface area contributed by atoms with E-state index in [-0.39, 0.29) is 6.54 Å². The van der Waals surface area contributed by atoms with Gasteiger partial charge in [-0.2, -0.15) is 0 Å². The van der Waals surface area contributed by atoms with Crippen molar-refractivity contribution in [1.29, 1.82) is 0 Å². The number of terminal acetylenes is 1. The first-order valence-corrected chi connectivity index (χ1v) is 5.76. The molecular weight excluding hydrogens is 244 g/mol. The second-order valence-electron chi connectivity index (χ2n) is 4.10. The maximum Gasteiger partial charge on any atom is 0.323 e. The molecule has 0 fully saturated rings. The summed E-state index contributed by atoms with van der Waals surface area (Å²) in [4.78, 5) is 23.4. The van der Waals surface area contributed by atoms with Gasteiger partial charge in [-0.1, -0.05) is 35.7 Å². The van der Waals surface area contributed by atoms with Crippen LogP contribution in [0.3, 0.4) is 0 Å². The first-order chi connectivity index (χ1) is 9.02.